The van der Waals surface area contributed by atoms with Gasteiger partial charge in [-0.05, 0) is 68.0 Å². The minimum absolute atomic E-state index is 0.365. The Labute approximate surface area is 126 Å². The Kier molecular flexibility index (Phi) is 4.85. The van der Waals surface area contributed by atoms with Crippen LogP contribution in [0, 0.1) is 20.8 Å². The molecule has 1 nitrogen and oxygen atoms in total. The van der Waals surface area contributed by atoms with Gasteiger partial charge in [-0.2, -0.15) is 0 Å². The van der Waals surface area contributed by atoms with Crippen LogP contribution in [0.15, 0.2) is 36.4 Å². The molecule has 1 N–H and O–H groups in total. The molecule has 2 rings (SSSR count). The molecule has 0 saturated heterocycles. The first kappa shape index (κ1) is 15.1. The highest BCUT2D eigenvalue weighted by molar-refractivity contribution is 6.30. The van der Waals surface area contributed by atoms with Crippen LogP contribution in [-0.2, 0) is 12.8 Å². The lowest BCUT2D eigenvalue weighted by Gasteiger charge is -2.16. The van der Waals surface area contributed by atoms with E-state index in [4.69, 9.17) is 11.6 Å². The van der Waals surface area contributed by atoms with Crippen LogP contribution in [0.4, 0.5) is 0 Å². The molecule has 0 fully saturated rings. The third-order valence-electron chi connectivity index (χ3n) is 3.66. The molecule has 20 heavy (non-hydrogen) atoms. The van der Waals surface area contributed by atoms with E-state index in [2.05, 4.69) is 32.9 Å². The Bertz CT molecular complexity index is 564. The molecule has 2 aromatic carbocycles. The second-order valence-electron chi connectivity index (χ2n) is 5.57. The molecule has 0 aromatic heterocycles. The van der Waals surface area contributed by atoms with Gasteiger partial charge in [0.15, 0.2) is 0 Å². The summed E-state index contributed by atoms with van der Waals surface area (Å²) in [5, 5.41) is 11.0. The largest absolute Gasteiger partial charge is 0.392 e. The van der Waals surface area contributed by atoms with Crippen LogP contribution in [0.2, 0.25) is 5.02 Å². The van der Waals surface area contributed by atoms with Crippen molar-refractivity contribution in [2.75, 3.05) is 0 Å². The van der Waals surface area contributed by atoms with E-state index in [1.807, 2.05) is 24.3 Å². The zero-order valence-corrected chi connectivity index (χ0v) is 13.0. The van der Waals surface area contributed by atoms with Crippen LogP contribution in [0.1, 0.15) is 27.8 Å². The van der Waals surface area contributed by atoms with Gasteiger partial charge >= 0.3 is 0 Å². The molecule has 0 aliphatic carbocycles. The molecule has 0 bridgehead atoms. The van der Waals surface area contributed by atoms with Crippen molar-refractivity contribution in [2.24, 2.45) is 0 Å². The second kappa shape index (κ2) is 6.43. The molecule has 0 heterocycles. The Morgan fingerprint density at radius 1 is 0.950 bits per heavy atom. The highest BCUT2D eigenvalue weighted by atomic mass is 35.5. The number of aliphatic hydroxyl groups is 1. The highest BCUT2D eigenvalue weighted by Crippen LogP contribution is 2.19. The van der Waals surface area contributed by atoms with Crippen molar-refractivity contribution < 1.29 is 5.11 Å². The summed E-state index contributed by atoms with van der Waals surface area (Å²) in [7, 11) is 0. The molecule has 0 saturated carbocycles. The van der Waals surface area contributed by atoms with Crippen LogP contribution < -0.4 is 0 Å². The van der Waals surface area contributed by atoms with Crippen LogP contribution in [0.3, 0.4) is 0 Å². The lowest BCUT2D eigenvalue weighted by atomic mass is 9.93. The molecule has 0 spiro atoms. The molecular weight excluding hydrogens is 268 g/mol. The Morgan fingerprint density at radius 2 is 1.50 bits per heavy atom. The number of hydrogen-bond donors (Lipinski definition) is 1. The summed E-state index contributed by atoms with van der Waals surface area (Å²) in [6, 6.07) is 12.0. The van der Waals surface area contributed by atoms with Gasteiger partial charge in [0.2, 0.25) is 0 Å². The normalized spacial score (nSPS) is 12.4. The van der Waals surface area contributed by atoms with Gasteiger partial charge in [-0.3, -0.25) is 0 Å². The number of aryl methyl sites for hydroxylation is 3. The maximum absolute atomic E-state index is 10.3. The van der Waals surface area contributed by atoms with Gasteiger partial charge in [0.1, 0.15) is 0 Å². The smallest absolute Gasteiger partial charge is 0.0621 e. The summed E-state index contributed by atoms with van der Waals surface area (Å²) in [5.41, 5.74) is 6.17. The van der Waals surface area contributed by atoms with Crippen molar-refractivity contribution in [3.05, 3.63) is 69.2 Å². The van der Waals surface area contributed by atoms with Crippen molar-refractivity contribution in [1.82, 2.24) is 0 Å². The fraction of sp³-hybridized carbons (Fsp3) is 0.333. The van der Waals surface area contributed by atoms with Gasteiger partial charge in [-0.25, -0.2) is 0 Å². The SMILES string of the molecule is Cc1cc(C)c(CC(O)Cc2ccc(Cl)cc2)c(C)c1. The fourth-order valence-corrected chi connectivity index (χ4v) is 2.86. The number of rotatable bonds is 4. The second-order valence-corrected chi connectivity index (χ2v) is 6.00. The molecule has 0 aliphatic heterocycles. The number of aliphatic hydroxyl groups excluding tert-OH is 1. The molecule has 1 atom stereocenters. The third-order valence-corrected chi connectivity index (χ3v) is 3.92. The summed E-state index contributed by atoms with van der Waals surface area (Å²) in [5.74, 6) is 0. The summed E-state index contributed by atoms with van der Waals surface area (Å²) in [6.07, 6.45) is 0.987. The maximum atomic E-state index is 10.3. The summed E-state index contributed by atoms with van der Waals surface area (Å²) < 4.78 is 0. The number of halogens is 1. The summed E-state index contributed by atoms with van der Waals surface area (Å²) >= 11 is 5.87. The fourth-order valence-electron chi connectivity index (χ4n) is 2.73. The van der Waals surface area contributed by atoms with Gasteiger partial charge in [0.05, 0.1) is 6.10 Å². The van der Waals surface area contributed by atoms with Gasteiger partial charge in [-0.15, -0.1) is 0 Å². The first-order valence-corrected chi connectivity index (χ1v) is 7.32. The van der Waals surface area contributed by atoms with Crippen LogP contribution in [0.25, 0.3) is 0 Å². The summed E-state index contributed by atoms with van der Waals surface area (Å²) in [6.45, 7) is 6.34. The van der Waals surface area contributed by atoms with E-state index in [9.17, 15) is 5.11 Å². The van der Waals surface area contributed by atoms with Gasteiger partial charge in [0.25, 0.3) is 0 Å². The van der Waals surface area contributed by atoms with Gasteiger partial charge in [0, 0.05) is 5.02 Å². The Balaban J connectivity index is 2.08. The van der Waals surface area contributed by atoms with Crippen molar-refractivity contribution >= 4 is 11.6 Å². The van der Waals surface area contributed by atoms with E-state index >= 15 is 0 Å². The Morgan fingerprint density at radius 3 is 2.05 bits per heavy atom. The predicted molar refractivity (Wildman–Crippen MR) is 85.5 cm³/mol. The first-order valence-electron chi connectivity index (χ1n) is 6.95. The lowest BCUT2D eigenvalue weighted by molar-refractivity contribution is 0.175. The standard InChI is InChI=1S/C18H21ClO/c1-12-8-13(2)18(14(3)9-12)11-17(20)10-15-4-6-16(19)7-5-15/h4-9,17,20H,10-11H2,1-3H3. The van der Waals surface area contributed by atoms with Gasteiger partial charge in [-0.1, -0.05) is 41.4 Å². The van der Waals surface area contributed by atoms with E-state index in [-0.39, 0.29) is 6.10 Å². The summed E-state index contributed by atoms with van der Waals surface area (Å²) in [4.78, 5) is 0. The number of hydrogen-bond acceptors (Lipinski definition) is 1. The molecule has 0 amide bonds. The van der Waals surface area contributed by atoms with E-state index in [1.54, 1.807) is 0 Å². The maximum Gasteiger partial charge on any atom is 0.0621 e. The molecule has 1 unspecified atom stereocenters. The number of benzene rings is 2. The highest BCUT2D eigenvalue weighted by Gasteiger charge is 2.11. The van der Waals surface area contributed by atoms with Crippen molar-refractivity contribution in [3.63, 3.8) is 0 Å². The van der Waals surface area contributed by atoms with Crippen molar-refractivity contribution in [2.45, 2.75) is 39.7 Å². The molecule has 0 radical (unpaired) electrons. The minimum atomic E-state index is -0.365. The third kappa shape index (κ3) is 3.84. The van der Waals surface area contributed by atoms with E-state index in [0.717, 1.165) is 10.6 Å². The van der Waals surface area contributed by atoms with Crippen LogP contribution in [-0.4, -0.2) is 11.2 Å². The van der Waals surface area contributed by atoms with E-state index in [0.29, 0.717) is 12.8 Å². The van der Waals surface area contributed by atoms with Crippen molar-refractivity contribution in [1.29, 1.82) is 0 Å². The van der Waals surface area contributed by atoms with Crippen LogP contribution >= 0.6 is 11.6 Å². The predicted octanol–water partition coefficient (Wildman–Crippen LogP) is 4.41. The van der Waals surface area contributed by atoms with Crippen molar-refractivity contribution in [3.8, 4) is 0 Å². The zero-order valence-electron chi connectivity index (χ0n) is 12.3. The molecule has 2 heteroatoms. The van der Waals surface area contributed by atoms with E-state index < -0.39 is 0 Å². The quantitative estimate of drug-likeness (QED) is 0.883. The average Bonchev–Trinajstić information content (AvgIpc) is 2.36. The Hall–Kier alpha value is -1.31. The monoisotopic (exact) mass is 288 g/mol. The molecular formula is C18H21ClO. The zero-order chi connectivity index (χ0) is 14.7. The van der Waals surface area contributed by atoms with Crippen LogP contribution in [0.5, 0.6) is 0 Å². The molecule has 2 aromatic rings. The lowest BCUT2D eigenvalue weighted by Crippen LogP contribution is -2.15. The van der Waals surface area contributed by atoms with E-state index in [1.165, 1.54) is 22.3 Å². The first-order chi connectivity index (χ1) is 9.45. The molecule has 106 valence electrons. The topological polar surface area (TPSA) is 20.2 Å². The average molecular weight is 289 g/mol. The minimum Gasteiger partial charge on any atom is -0.392 e. The molecule has 0 aliphatic rings. The van der Waals surface area contributed by atoms with Gasteiger partial charge < -0.3 is 5.11 Å².